The van der Waals surface area contributed by atoms with Crippen molar-refractivity contribution in [1.29, 1.82) is 0 Å². The molecule has 3 aliphatic rings. The number of benzene rings is 3. The quantitative estimate of drug-likeness (QED) is 0.0896. The fourth-order valence-electron chi connectivity index (χ4n) is 7.62. The summed E-state index contributed by atoms with van der Waals surface area (Å²) in [5.41, 5.74) is 4.39. The van der Waals surface area contributed by atoms with E-state index in [-0.39, 0.29) is 41.2 Å². The van der Waals surface area contributed by atoms with E-state index in [9.17, 15) is 29.8 Å². The molecule has 232 valence electrons. The number of nitrogens with zero attached hydrogens (tertiary/aromatic N) is 2. The Morgan fingerprint density at radius 3 is 2.58 bits per heavy atom. The number of anilines is 1. The number of aromatic hydroxyl groups is 1. The number of phenols is 1. The van der Waals surface area contributed by atoms with Crippen molar-refractivity contribution >= 4 is 47.2 Å². The first-order valence-electron chi connectivity index (χ1n) is 15.8. The van der Waals surface area contributed by atoms with Gasteiger partial charge >= 0.3 is 7.12 Å². The highest BCUT2D eigenvalue weighted by molar-refractivity contribution is 6.43. The van der Waals surface area contributed by atoms with E-state index in [2.05, 4.69) is 19.9 Å². The third-order valence-electron chi connectivity index (χ3n) is 9.63. The van der Waals surface area contributed by atoms with Crippen molar-refractivity contribution in [3.63, 3.8) is 0 Å². The molecule has 2 aliphatic heterocycles. The van der Waals surface area contributed by atoms with Crippen molar-refractivity contribution in [2.24, 2.45) is 17.8 Å². The molecule has 0 spiro atoms. The fraction of sp³-hybridized carbons (Fsp3) is 0.371. The zero-order valence-electron chi connectivity index (χ0n) is 25.5. The number of rotatable bonds is 9. The molecule has 4 atom stereocenters. The first-order chi connectivity index (χ1) is 21.7. The first kappa shape index (κ1) is 30.7. The van der Waals surface area contributed by atoms with E-state index in [1.807, 2.05) is 30.3 Å². The lowest BCUT2D eigenvalue weighted by Gasteiger charge is -2.43. The van der Waals surface area contributed by atoms with E-state index >= 15 is 0 Å². The summed E-state index contributed by atoms with van der Waals surface area (Å²) in [6.45, 7) is 4.19. The van der Waals surface area contributed by atoms with Gasteiger partial charge < -0.3 is 14.8 Å². The Morgan fingerprint density at radius 2 is 1.84 bits per heavy atom. The van der Waals surface area contributed by atoms with Crippen LogP contribution < -0.4 is 4.90 Å². The van der Waals surface area contributed by atoms with Crippen molar-refractivity contribution in [2.75, 3.05) is 4.90 Å². The molecule has 2 heterocycles. The standard InChI is InChI=1S/C35H37BN2O7/c1-3-8-23-18-28-33(35(41)37(34(28)40)24-9-7-10-25(19-24)38(43)44)29-20-36(42)45-31(32(23)29)16-13-21(4-2)17-22-14-15-30(39)27-12-6-5-11-26(22)27/h5-7,9-12,14-15,17,19,28-29,31,33,39,42H,3-4,8,13,16,18,20H2,1-2H3/b21-17+/t28-,29+,31-,33-/m1/s1. The molecule has 3 aromatic carbocycles. The molecule has 1 aliphatic carbocycles. The molecule has 10 heteroatoms. The first-order valence-corrected chi connectivity index (χ1v) is 15.8. The molecule has 2 saturated heterocycles. The zero-order valence-corrected chi connectivity index (χ0v) is 25.5. The number of nitro benzene ring substituents is 1. The number of non-ortho nitro benzene ring substituents is 1. The van der Waals surface area contributed by atoms with E-state index in [0.717, 1.165) is 51.6 Å². The summed E-state index contributed by atoms with van der Waals surface area (Å²) >= 11 is 0. The number of nitro groups is 1. The molecule has 2 amide bonds. The number of imide groups is 1. The minimum atomic E-state index is -1.07. The van der Waals surface area contributed by atoms with Crippen LogP contribution in [0.25, 0.3) is 16.8 Å². The van der Waals surface area contributed by atoms with E-state index in [1.54, 1.807) is 12.1 Å². The van der Waals surface area contributed by atoms with Gasteiger partial charge in [-0.15, -0.1) is 0 Å². The molecule has 2 N–H and O–H groups in total. The van der Waals surface area contributed by atoms with Crippen LogP contribution in [-0.2, 0) is 14.2 Å². The number of allylic oxidation sites excluding steroid dienone is 2. The van der Waals surface area contributed by atoms with Gasteiger partial charge in [0, 0.05) is 17.5 Å². The number of fused-ring (bicyclic) bond motifs is 4. The van der Waals surface area contributed by atoms with Crippen LogP contribution in [0.4, 0.5) is 11.4 Å². The van der Waals surface area contributed by atoms with Crippen molar-refractivity contribution < 1.29 is 29.3 Å². The highest BCUT2D eigenvalue weighted by Gasteiger charge is 2.57. The maximum atomic E-state index is 14.0. The van der Waals surface area contributed by atoms with Crippen LogP contribution in [0, 0.1) is 27.9 Å². The maximum absolute atomic E-state index is 14.0. The predicted molar refractivity (Wildman–Crippen MR) is 173 cm³/mol. The van der Waals surface area contributed by atoms with Gasteiger partial charge in [0.25, 0.3) is 5.69 Å². The molecule has 45 heavy (non-hydrogen) atoms. The summed E-state index contributed by atoms with van der Waals surface area (Å²) in [4.78, 5) is 39.7. The Kier molecular flexibility index (Phi) is 8.62. The Morgan fingerprint density at radius 1 is 1.07 bits per heavy atom. The summed E-state index contributed by atoms with van der Waals surface area (Å²) < 4.78 is 6.18. The predicted octanol–water partition coefficient (Wildman–Crippen LogP) is 6.83. The van der Waals surface area contributed by atoms with Crippen molar-refractivity contribution in [2.45, 2.75) is 64.8 Å². The topological polar surface area (TPSA) is 130 Å². The number of amides is 2. The molecule has 6 rings (SSSR count). The lowest BCUT2D eigenvalue weighted by molar-refractivity contribution is -0.384. The number of hydrogen-bond acceptors (Lipinski definition) is 7. The molecule has 3 aromatic rings. The Hall–Kier alpha value is -4.28. The largest absolute Gasteiger partial charge is 0.507 e. The van der Waals surface area contributed by atoms with Gasteiger partial charge in [-0.1, -0.05) is 73.9 Å². The van der Waals surface area contributed by atoms with E-state index in [1.165, 1.54) is 23.8 Å². The molecule has 0 aromatic heterocycles. The maximum Gasteiger partial charge on any atom is 0.455 e. The van der Waals surface area contributed by atoms with Crippen molar-refractivity contribution in [3.8, 4) is 5.75 Å². The number of phenolic OH excluding ortho intramolecular Hbond substituents is 1. The summed E-state index contributed by atoms with van der Waals surface area (Å²) in [6, 6.07) is 17.0. The second kappa shape index (κ2) is 12.6. The third-order valence-corrected chi connectivity index (χ3v) is 9.63. The number of carbonyl (C=O) groups is 2. The Balaban J connectivity index is 1.30. The van der Waals surface area contributed by atoms with Crippen LogP contribution in [0.5, 0.6) is 5.75 Å². The van der Waals surface area contributed by atoms with Crippen molar-refractivity contribution in [1.82, 2.24) is 0 Å². The molecular weight excluding hydrogens is 571 g/mol. The Bertz CT molecular complexity index is 1730. The van der Waals surface area contributed by atoms with Gasteiger partial charge in [0.1, 0.15) is 5.75 Å². The summed E-state index contributed by atoms with van der Waals surface area (Å²) in [5.74, 6) is -2.05. The van der Waals surface area contributed by atoms with Crippen LogP contribution >= 0.6 is 0 Å². The van der Waals surface area contributed by atoms with Gasteiger partial charge in [0.05, 0.1) is 28.6 Å². The van der Waals surface area contributed by atoms with E-state index in [4.69, 9.17) is 4.65 Å². The normalized spacial score (nSPS) is 23.5. The van der Waals surface area contributed by atoms with Gasteiger partial charge in [-0.25, -0.2) is 4.90 Å². The van der Waals surface area contributed by atoms with Crippen LogP contribution in [0.3, 0.4) is 0 Å². The van der Waals surface area contributed by atoms with E-state index < -0.39 is 30.0 Å². The molecule has 0 unspecified atom stereocenters. The molecule has 2 fully saturated rings. The van der Waals surface area contributed by atoms with Gasteiger partial charge in [0.15, 0.2) is 0 Å². The number of hydrogen-bond donors (Lipinski definition) is 2. The summed E-state index contributed by atoms with van der Waals surface area (Å²) in [6.07, 6.45) is 6.17. The molecule has 0 radical (unpaired) electrons. The smallest absolute Gasteiger partial charge is 0.455 e. The summed E-state index contributed by atoms with van der Waals surface area (Å²) in [7, 11) is -1.07. The third kappa shape index (κ3) is 5.68. The lowest BCUT2D eigenvalue weighted by atomic mass is 9.58. The van der Waals surface area contributed by atoms with Crippen molar-refractivity contribution in [3.05, 3.63) is 93.1 Å². The monoisotopic (exact) mass is 608 g/mol. The Labute approximate surface area is 262 Å². The second-order valence-electron chi connectivity index (χ2n) is 12.3. The minimum Gasteiger partial charge on any atom is -0.507 e. The SMILES string of the molecule is CCCC1=C2[C@@H](CC/C(=C/c3ccc(O)c4ccccc34)CC)OB(O)C[C@@H]2[C@@H]2C(=O)N(c3cccc([N+](=O)[O-])c3)C(=O)[C@@H]2C1. The molecule has 9 nitrogen and oxygen atoms in total. The van der Waals surface area contributed by atoms with Crippen LogP contribution in [0.1, 0.15) is 57.9 Å². The highest BCUT2D eigenvalue weighted by atomic mass is 16.6. The van der Waals surface area contributed by atoms with Gasteiger partial charge in [0.2, 0.25) is 11.8 Å². The average Bonchev–Trinajstić information content (AvgIpc) is 3.29. The molecule has 0 bridgehead atoms. The van der Waals surface area contributed by atoms with E-state index in [0.29, 0.717) is 19.3 Å². The van der Waals surface area contributed by atoms with Gasteiger partial charge in [-0.3, -0.25) is 19.7 Å². The highest BCUT2D eigenvalue weighted by Crippen LogP contribution is 2.52. The van der Waals surface area contributed by atoms with Crippen LogP contribution in [0.15, 0.2) is 77.4 Å². The van der Waals surface area contributed by atoms with Crippen LogP contribution in [0.2, 0.25) is 6.32 Å². The second-order valence-corrected chi connectivity index (χ2v) is 12.3. The summed E-state index contributed by atoms with van der Waals surface area (Å²) in [5, 5.41) is 34.4. The molecular formula is C35H37BN2O7. The van der Waals surface area contributed by atoms with Gasteiger partial charge in [-0.2, -0.15) is 0 Å². The number of carbonyl (C=O) groups excluding carboxylic acids is 2. The minimum absolute atomic E-state index is 0.185. The fourth-order valence-corrected chi connectivity index (χ4v) is 7.62. The lowest BCUT2D eigenvalue weighted by Crippen LogP contribution is -2.46. The average molecular weight is 609 g/mol. The van der Waals surface area contributed by atoms with Gasteiger partial charge in [-0.05, 0) is 73.0 Å². The van der Waals surface area contributed by atoms with Crippen LogP contribution in [-0.4, -0.2) is 40.1 Å². The molecule has 0 saturated carbocycles. The zero-order chi connectivity index (χ0) is 31.8.